The smallest absolute Gasteiger partial charge is 0.0828 e. The topological polar surface area (TPSA) is 33.3 Å². The van der Waals surface area contributed by atoms with Gasteiger partial charge in [0, 0.05) is 25.2 Å². The third kappa shape index (κ3) is 9.62. The van der Waals surface area contributed by atoms with E-state index >= 15 is 0 Å². The molecule has 0 saturated heterocycles. The summed E-state index contributed by atoms with van der Waals surface area (Å²) in [6.07, 6.45) is 13.9. The lowest BCUT2D eigenvalue weighted by Gasteiger charge is -2.28. The number of ether oxygens (including phenoxy) is 1. The average Bonchev–Trinajstić information content (AvgIpc) is 2.70. The van der Waals surface area contributed by atoms with E-state index < -0.39 is 0 Å². The Kier molecular flexibility index (Phi) is 13.4. The van der Waals surface area contributed by atoms with Crippen LogP contribution in [0.4, 0.5) is 0 Å². The van der Waals surface area contributed by atoms with Crippen molar-refractivity contribution in [3.05, 3.63) is 35.9 Å². The van der Waals surface area contributed by atoms with Gasteiger partial charge in [-0.3, -0.25) is 0 Å². The first-order valence-electron chi connectivity index (χ1n) is 10.5. The van der Waals surface area contributed by atoms with Gasteiger partial charge in [-0.2, -0.15) is 0 Å². The Balaban J connectivity index is 0.00000182. The highest BCUT2D eigenvalue weighted by molar-refractivity contribution is 5.85. The van der Waals surface area contributed by atoms with Crippen LogP contribution >= 0.6 is 24.8 Å². The van der Waals surface area contributed by atoms with Crippen LogP contribution in [0.3, 0.4) is 0 Å². The van der Waals surface area contributed by atoms with Gasteiger partial charge in [0.2, 0.25) is 0 Å². The van der Waals surface area contributed by atoms with Crippen LogP contribution in [0.15, 0.2) is 30.3 Å². The SMILES string of the molecule is Cl.Cl.c1ccc(COC(CNC2CCCCC2)CNC2CCCCC2)cc1. The van der Waals surface area contributed by atoms with Gasteiger partial charge in [0.1, 0.15) is 0 Å². The fourth-order valence-corrected chi connectivity index (χ4v) is 4.19. The summed E-state index contributed by atoms with van der Waals surface area (Å²) in [6.45, 7) is 2.65. The zero-order valence-corrected chi connectivity index (χ0v) is 18.2. The molecule has 0 unspecified atom stereocenters. The summed E-state index contributed by atoms with van der Waals surface area (Å²) in [5, 5.41) is 7.56. The average molecular weight is 417 g/mol. The Morgan fingerprint density at radius 3 is 1.70 bits per heavy atom. The molecule has 27 heavy (non-hydrogen) atoms. The van der Waals surface area contributed by atoms with Gasteiger partial charge in [-0.05, 0) is 31.2 Å². The van der Waals surface area contributed by atoms with E-state index in [1.54, 1.807) is 0 Å². The van der Waals surface area contributed by atoms with Crippen LogP contribution in [0.1, 0.15) is 69.8 Å². The second-order valence-electron chi connectivity index (χ2n) is 7.90. The molecule has 0 aliphatic heterocycles. The van der Waals surface area contributed by atoms with Gasteiger partial charge in [0.15, 0.2) is 0 Å². The third-order valence-corrected chi connectivity index (χ3v) is 5.81. The number of benzene rings is 1. The highest BCUT2D eigenvalue weighted by Gasteiger charge is 2.18. The molecule has 3 nitrogen and oxygen atoms in total. The highest BCUT2D eigenvalue weighted by atomic mass is 35.5. The van der Waals surface area contributed by atoms with Crippen molar-refractivity contribution >= 4 is 24.8 Å². The number of hydrogen-bond acceptors (Lipinski definition) is 3. The molecule has 5 heteroatoms. The van der Waals surface area contributed by atoms with Crippen LogP contribution in [-0.4, -0.2) is 31.3 Å². The van der Waals surface area contributed by atoms with Gasteiger partial charge in [-0.1, -0.05) is 68.9 Å². The van der Waals surface area contributed by atoms with Crippen molar-refractivity contribution in [1.82, 2.24) is 10.6 Å². The van der Waals surface area contributed by atoms with Gasteiger partial charge in [0.25, 0.3) is 0 Å². The minimum atomic E-state index is 0. The molecular weight excluding hydrogens is 379 g/mol. The molecule has 0 aromatic heterocycles. The Bertz CT molecular complexity index is 441. The van der Waals surface area contributed by atoms with Gasteiger partial charge >= 0.3 is 0 Å². The minimum absolute atomic E-state index is 0. The Morgan fingerprint density at radius 2 is 1.22 bits per heavy atom. The Morgan fingerprint density at radius 1 is 0.741 bits per heavy atom. The second-order valence-corrected chi connectivity index (χ2v) is 7.90. The summed E-state index contributed by atoms with van der Waals surface area (Å²) in [6, 6.07) is 12.0. The maximum atomic E-state index is 6.29. The van der Waals surface area contributed by atoms with Crippen molar-refractivity contribution in [3.63, 3.8) is 0 Å². The number of hydrogen-bond donors (Lipinski definition) is 2. The monoisotopic (exact) mass is 416 g/mol. The van der Waals surface area contributed by atoms with Crippen LogP contribution in [0.5, 0.6) is 0 Å². The van der Waals surface area contributed by atoms with Crippen molar-refractivity contribution in [3.8, 4) is 0 Å². The molecule has 2 saturated carbocycles. The summed E-state index contributed by atoms with van der Waals surface area (Å²) in [7, 11) is 0. The lowest BCUT2D eigenvalue weighted by Crippen LogP contribution is -2.44. The van der Waals surface area contributed by atoms with Crippen LogP contribution in [0.25, 0.3) is 0 Å². The fourth-order valence-electron chi connectivity index (χ4n) is 4.19. The maximum absolute atomic E-state index is 6.29. The molecule has 1 aromatic rings. The van der Waals surface area contributed by atoms with E-state index in [0.717, 1.165) is 13.1 Å². The molecule has 0 heterocycles. The van der Waals surface area contributed by atoms with E-state index in [9.17, 15) is 0 Å². The van der Waals surface area contributed by atoms with Crippen LogP contribution in [-0.2, 0) is 11.3 Å². The predicted molar refractivity (Wildman–Crippen MR) is 119 cm³/mol. The fraction of sp³-hybridized carbons (Fsp3) is 0.727. The molecular formula is C22H38Cl2N2O. The van der Waals surface area contributed by atoms with Gasteiger partial charge in [0.05, 0.1) is 12.7 Å². The molecule has 0 atom stereocenters. The summed E-state index contributed by atoms with van der Waals surface area (Å²) in [5.74, 6) is 0. The molecule has 0 amide bonds. The quantitative estimate of drug-likeness (QED) is 0.575. The van der Waals surface area contributed by atoms with E-state index in [4.69, 9.17) is 4.74 Å². The first kappa shape index (κ1) is 24.7. The predicted octanol–water partition coefficient (Wildman–Crippen LogP) is 5.26. The zero-order chi connectivity index (χ0) is 17.2. The number of halogens is 2. The molecule has 0 spiro atoms. The molecule has 3 rings (SSSR count). The summed E-state index contributed by atoms with van der Waals surface area (Å²) < 4.78 is 6.29. The molecule has 2 aliphatic rings. The summed E-state index contributed by atoms with van der Waals surface area (Å²) in [4.78, 5) is 0. The summed E-state index contributed by atoms with van der Waals surface area (Å²) >= 11 is 0. The largest absolute Gasteiger partial charge is 0.371 e. The normalized spacial score (nSPS) is 18.7. The molecule has 156 valence electrons. The lowest BCUT2D eigenvalue weighted by atomic mass is 9.95. The van der Waals surface area contributed by atoms with Crippen LogP contribution in [0, 0.1) is 0 Å². The molecule has 0 radical (unpaired) electrons. The lowest BCUT2D eigenvalue weighted by molar-refractivity contribution is 0.0357. The molecule has 2 aliphatic carbocycles. The van der Waals surface area contributed by atoms with E-state index in [2.05, 4.69) is 41.0 Å². The van der Waals surface area contributed by atoms with Crippen molar-refractivity contribution in [1.29, 1.82) is 0 Å². The standard InChI is InChI=1S/C22H36N2O.2ClH/c1-4-10-19(11-5-1)18-25-22(16-23-20-12-6-2-7-13-20)17-24-21-14-8-3-9-15-21;;/h1,4-5,10-11,20-24H,2-3,6-9,12-18H2;2*1H. The maximum Gasteiger partial charge on any atom is 0.0828 e. The van der Waals surface area contributed by atoms with Crippen molar-refractivity contribution in [2.45, 2.75) is 89.0 Å². The van der Waals surface area contributed by atoms with Crippen molar-refractivity contribution in [2.75, 3.05) is 13.1 Å². The molecule has 0 bridgehead atoms. The highest BCUT2D eigenvalue weighted by Crippen LogP contribution is 2.18. The molecule has 2 N–H and O–H groups in total. The van der Waals surface area contributed by atoms with E-state index in [1.165, 1.54) is 69.8 Å². The van der Waals surface area contributed by atoms with E-state index in [0.29, 0.717) is 18.7 Å². The van der Waals surface area contributed by atoms with Crippen LogP contribution in [0.2, 0.25) is 0 Å². The van der Waals surface area contributed by atoms with Crippen LogP contribution < -0.4 is 10.6 Å². The van der Waals surface area contributed by atoms with Gasteiger partial charge in [-0.25, -0.2) is 0 Å². The first-order valence-corrected chi connectivity index (χ1v) is 10.5. The Hall–Kier alpha value is -0.320. The van der Waals surface area contributed by atoms with Crippen molar-refractivity contribution < 1.29 is 4.74 Å². The molecule has 1 aromatic carbocycles. The second kappa shape index (κ2) is 14.6. The van der Waals surface area contributed by atoms with Gasteiger partial charge < -0.3 is 15.4 Å². The number of nitrogens with one attached hydrogen (secondary N) is 2. The van der Waals surface area contributed by atoms with Crippen molar-refractivity contribution in [2.24, 2.45) is 0 Å². The Labute approximate surface area is 178 Å². The summed E-state index contributed by atoms with van der Waals surface area (Å²) in [5.41, 5.74) is 1.27. The molecule has 2 fully saturated rings. The zero-order valence-electron chi connectivity index (χ0n) is 16.5. The number of rotatable bonds is 9. The third-order valence-electron chi connectivity index (χ3n) is 5.81. The van der Waals surface area contributed by atoms with E-state index in [1.807, 2.05) is 0 Å². The minimum Gasteiger partial charge on any atom is -0.371 e. The van der Waals surface area contributed by atoms with E-state index in [-0.39, 0.29) is 30.9 Å². The van der Waals surface area contributed by atoms with Gasteiger partial charge in [-0.15, -0.1) is 24.8 Å². The first-order chi connectivity index (χ1) is 12.4.